The zero-order valence-corrected chi connectivity index (χ0v) is 10.8. The maximum atomic E-state index is 11.7. The first kappa shape index (κ1) is 13.3. The largest absolute Gasteiger partial charge is 0.466 e. The van der Waals surface area contributed by atoms with Crippen LogP contribution in [0.4, 0.5) is 0 Å². The number of esters is 2. The van der Waals surface area contributed by atoms with E-state index in [2.05, 4.69) is 4.74 Å². The van der Waals surface area contributed by atoms with E-state index in [1.807, 2.05) is 0 Å². The Morgan fingerprint density at radius 2 is 1.89 bits per heavy atom. The number of carbonyl (C=O) groups excluding carboxylic acids is 3. The summed E-state index contributed by atoms with van der Waals surface area (Å²) in [7, 11) is 1.18. The zero-order valence-electron chi connectivity index (χ0n) is 11.8. The van der Waals surface area contributed by atoms with Crippen LogP contribution >= 0.6 is 0 Å². The van der Waals surface area contributed by atoms with E-state index >= 15 is 0 Å². The summed E-state index contributed by atoms with van der Waals surface area (Å²) in [5.41, 5.74) is 0.447. The van der Waals surface area contributed by atoms with Crippen LogP contribution in [0.1, 0.15) is 32.8 Å². The second kappa shape index (κ2) is 7.31. The van der Waals surface area contributed by atoms with Crippen molar-refractivity contribution in [1.82, 2.24) is 0 Å². The summed E-state index contributed by atoms with van der Waals surface area (Å²) < 4.78 is 17.1. The van der Waals surface area contributed by atoms with E-state index in [1.165, 1.54) is 14.0 Å². The number of benzene rings is 1. The van der Waals surface area contributed by atoms with Crippen molar-refractivity contribution < 1.29 is 25.2 Å². The van der Waals surface area contributed by atoms with Gasteiger partial charge in [0, 0.05) is 13.4 Å². The minimum absolute atomic E-state index is 0.248. The molecule has 5 nitrogen and oxygen atoms in total. The molecule has 5 heteroatoms. The summed E-state index contributed by atoms with van der Waals surface area (Å²) in [6.07, 6.45) is -2.82. The first-order valence-electron chi connectivity index (χ1n) is 6.28. The second-order valence-electron chi connectivity index (χ2n) is 3.86. The van der Waals surface area contributed by atoms with Gasteiger partial charge in [0.1, 0.15) is 5.78 Å². The fourth-order valence-corrected chi connectivity index (χ4v) is 1.38. The van der Waals surface area contributed by atoms with Gasteiger partial charge in [0.25, 0.3) is 0 Å². The normalized spacial score (nSPS) is 13.9. The van der Waals surface area contributed by atoms with Crippen molar-refractivity contribution in [1.29, 1.82) is 0 Å². The van der Waals surface area contributed by atoms with Crippen molar-refractivity contribution >= 4 is 17.7 Å². The Balaban J connectivity index is 2.84. The van der Waals surface area contributed by atoms with E-state index in [4.69, 9.17) is 6.11 Å². The minimum atomic E-state index is -1.34. The number of rotatable bonds is 6. The Labute approximate surface area is 112 Å². The molecule has 0 aliphatic rings. The van der Waals surface area contributed by atoms with Crippen LogP contribution in [-0.4, -0.2) is 24.8 Å². The third kappa shape index (κ3) is 4.91. The van der Waals surface area contributed by atoms with E-state index in [-0.39, 0.29) is 12.2 Å². The summed E-state index contributed by atoms with van der Waals surface area (Å²) >= 11 is 0. The zero-order chi connectivity index (χ0) is 15.1. The Hall–Kier alpha value is -2.17. The van der Waals surface area contributed by atoms with Gasteiger partial charge >= 0.3 is 11.9 Å². The molecule has 1 aromatic carbocycles. The van der Waals surface area contributed by atoms with Crippen molar-refractivity contribution in [3.8, 4) is 0 Å². The highest BCUT2D eigenvalue weighted by Gasteiger charge is 2.25. The van der Waals surface area contributed by atoms with E-state index in [0.29, 0.717) is 5.56 Å². The molecule has 0 spiro atoms. The van der Waals surface area contributed by atoms with Crippen LogP contribution in [0.25, 0.3) is 0 Å². The Kier molecular flexibility index (Phi) is 5.10. The van der Waals surface area contributed by atoms with Gasteiger partial charge in [-0.15, -0.1) is 0 Å². The first-order valence-corrected chi connectivity index (χ1v) is 5.70. The maximum Gasteiger partial charge on any atom is 0.351 e. The monoisotopic (exact) mass is 265 g/mol. The lowest BCUT2D eigenvalue weighted by Crippen LogP contribution is -2.21. The van der Waals surface area contributed by atoms with Gasteiger partial charge in [-0.3, -0.25) is 4.79 Å². The molecule has 102 valence electrons. The van der Waals surface area contributed by atoms with Gasteiger partial charge in [0.2, 0.25) is 6.10 Å². The predicted molar refractivity (Wildman–Crippen MR) is 67.2 cm³/mol. The number of methoxy groups -OCH3 is 1. The summed E-state index contributed by atoms with van der Waals surface area (Å²) in [4.78, 5) is 34.3. The van der Waals surface area contributed by atoms with E-state index in [1.54, 1.807) is 30.3 Å². The summed E-state index contributed by atoms with van der Waals surface area (Å²) in [5.74, 6) is -1.96. The molecule has 0 saturated heterocycles. The van der Waals surface area contributed by atoms with Crippen LogP contribution in [-0.2, 0) is 23.9 Å². The average molecular weight is 265 g/mol. The lowest BCUT2D eigenvalue weighted by molar-refractivity contribution is -0.166. The van der Waals surface area contributed by atoms with Crippen LogP contribution in [0.3, 0.4) is 0 Å². The van der Waals surface area contributed by atoms with Crippen LogP contribution in [0.2, 0.25) is 0 Å². The Morgan fingerprint density at radius 1 is 1.26 bits per heavy atom. The van der Waals surface area contributed by atoms with Crippen LogP contribution < -0.4 is 0 Å². The third-order valence-corrected chi connectivity index (χ3v) is 2.31. The van der Waals surface area contributed by atoms with Gasteiger partial charge in [-0.05, 0) is 6.92 Å². The molecular weight excluding hydrogens is 248 g/mol. The summed E-state index contributed by atoms with van der Waals surface area (Å²) in [5, 5.41) is 0. The lowest BCUT2D eigenvalue weighted by Gasteiger charge is -2.15. The highest BCUT2D eigenvalue weighted by molar-refractivity contribution is 5.83. The molecule has 0 aromatic heterocycles. The molecule has 0 aliphatic heterocycles. The number of ether oxygens (including phenoxy) is 2. The molecule has 0 aliphatic carbocycles. The Morgan fingerprint density at radius 3 is 2.42 bits per heavy atom. The number of Topliss-reactive ketones (excluding diaryl/α,β-unsaturated/α-hetero) is 1. The van der Waals surface area contributed by atoms with Crippen LogP contribution in [0.5, 0.6) is 0 Å². The molecule has 0 radical (unpaired) electrons. The maximum absolute atomic E-state index is 11.7. The molecule has 1 rings (SSSR count). The van der Waals surface area contributed by atoms with Gasteiger partial charge in [-0.25, -0.2) is 4.79 Å². The van der Waals surface area contributed by atoms with Gasteiger partial charge in [-0.2, -0.15) is 0 Å². The molecule has 0 fully saturated rings. The highest BCUT2D eigenvalue weighted by atomic mass is 16.6. The fourth-order valence-electron chi connectivity index (χ4n) is 1.38. The average Bonchev–Trinajstić information content (AvgIpc) is 2.43. The van der Waals surface area contributed by atoms with Gasteiger partial charge in [0.15, 0.2) is 0 Å². The molecule has 1 aromatic rings. The topological polar surface area (TPSA) is 69.7 Å². The summed E-state index contributed by atoms with van der Waals surface area (Å²) in [6, 6.07) is 8.35. The van der Waals surface area contributed by atoms with Crippen LogP contribution in [0, 0.1) is 0 Å². The van der Waals surface area contributed by atoms with Crippen molar-refractivity contribution in [3.63, 3.8) is 0 Å². The summed E-state index contributed by atoms with van der Waals surface area (Å²) in [6.45, 7) is 1.28. The van der Waals surface area contributed by atoms with Crippen LogP contribution in [0.15, 0.2) is 30.3 Å². The molecule has 0 heterocycles. The molecule has 2 atom stereocenters. The van der Waals surface area contributed by atoms with Gasteiger partial charge < -0.3 is 14.3 Å². The standard InChI is InChI=1S/C14H16O5/c1-10(15)8-9-12(16)19-13(14(17)18-2)11-6-4-3-5-7-11/h3-7,13H,8-9H2,1-2H3/t13-/m0/s1/i9D/t9-,13+/m1. The number of hydrogen-bond donors (Lipinski definition) is 0. The van der Waals surface area contributed by atoms with Crippen molar-refractivity contribution in [2.45, 2.75) is 25.8 Å². The van der Waals surface area contributed by atoms with E-state index in [9.17, 15) is 14.4 Å². The fraction of sp³-hybridized carbons (Fsp3) is 0.357. The highest BCUT2D eigenvalue weighted by Crippen LogP contribution is 2.19. The predicted octanol–water partition coefficient (Wildman–Crippen LogP) is 1.81. The second-order valence-corrected chi connectivity index (χ2v) is 3.86. The van der Waals surface area contributed by atoms with Crippen molar-refractivity contribution in [2.24, 2.45) is 0 Å². The molecule has 0 saturated carbocycles. The van der Waals surface area contributed by atoms with Gasteiger partial charge in [-0.1, -0.05) is 30.3 Å². The molecule has 0 bridgehead atoms. The number of hydrogen-bond acceptors (Lipinski definition) is 5. The molecule has 19 heavy (non-hydrogen) atoms. The van der Waals surface area contributed by atoms with E-state index < -0.39 is 24.4 Å². The van der Waals surface area contributed by atoms with Gasteiger partial charge in [0.05, 0.1) is 13.5 Å². The van der Waals surface area contributed by atoms with E-state index in [0.717, 1.165) is 0 Å². The number of carbonyl (C=O) groups is 3. The Bertz CT molecular complexity index is 486. The number of ketones is 1. The molecule has 0 amide bonds. The SMILES string of the molecule is [2H][C@H](CC(C)=O)C(=O)O[C@H](C(=O)OC)c1ccccc1. The minimum Gasteiger partial charge on any atom is -0.466 e. The first-order chi connectivity index (χ1) is 9.45. The third-order valence-electron chi connectivity index (χ3n) is 2.31. The molecular formula is C14H16O5. The van der Waals surface area contributed by atoms with Crippen molar-refractivity contribution in [3.05, 3.63) is 35.9 Å². The smallest absolute Gasteiger partial charge is 0.351 e. The van der Waals surface area contributed by atoms with Crippen molar-refractivity contribution in [2.75, 3.05) is 7.11 Å². The molecule has 0 unspecified atom stereocenters. The molecule has 0 N–H and O–H groups in total. The quantitative estimate of drug-likeness (QED) is 0.734. The lowest BCUT2D eigenvalue weighted by atomic mass is 10.1.